The van der Waals surface area contributed by atoms with Crippen molar-refractivity contribution in [1.29, 1.82) is 5.26 Å². The molecule has 10 rings (SSSR count). The number of morpholine rings is 2. The summed E-state index contributed by atoms with van der Waals surface area (Å²) in [4.78, 5) is 17.1. The van der Waals surface area contributed by atoms with Crippen LogP contribution in [0.4, 0.5) is 10.5 Å². The third kappa shape index (κ3) is 10.5. The van der Waals surface area contributed by atoms with E-state index in [1.54, 1.807) is 23.5 Å². The molecule has 4 aromatic rings. The Kier molecular flexibility index (Phi) is 14.1. The lowest BCUT2D eigenvalue weighted by atomic mass is 9.99. The summed E-state index contributed by atoms with van der Waals surface area (Å²) >= 11 is 0. The Hall–Kier alpha value is -4.88. The van der Waals surface area contributed by atoms with Crippen LogP contribution in [0.2, 0.25) is 0 Å². The smallest absolute Gasteiger partial charge is 0.333 e. The SMILES string of the molecule is Cn1nc(S(=O)(=O)NC(=O)Nc2c3c(cc4c2CCC4)CCC3)cc1CN1CCOCC1.Cn1nc(S(N)(=O)=O)cc1CN1CCOCC1.N#COc1c2c(cc3c1CCC3)CCC2. The molecule has 4 aliphatic carbocycles. The van der Waals surface area contributed by atoms with Crippen molar-refractivity contribution in [3.8, 4) is 12.0 Å². The molecule has 2 saturated heterocycles. The fourth-order valence-electron chi connectivity index (χ4n) is 9.71. The van der Waals surface area contributed by atoms with Gasteiger partial charge in [0.15, 0.2) is 10.1 Å². The number of amides is 2. The van der Waals surface area contributed by atoms with Gasteiger partial charge in [-0.15, -0.1) is 5.26 Å². The number of urea groups is 1. The van der Waals surface area contributed by atoms with Crippen molar-refractivity contribution in [2.75, 3.05) is 57.9 Å². The highest BCUT2D eigenvalue weighted by molar-refractivity contribution is 7.90. The number of nitrogens with two attached hydrogens (primary N) is 1. The van der Waals surface area contributed by atoms with Crippen LogP contribution < -0.4 is 19.9 Å². The Labute approximate surface area is 375 Å². The first-order valence-corrected chi connectivity index (χ1v) is 25.2. The zero-order valence-corrected chi connectivity index (χ0v) is 38.3. The maximum absolute atomic E-state index is 12.9. The molecular weight excluding hydrogens is 861 g/mol. The fourth-order valence-corrected chi connectivity index (χ4v) is 11.2. The number of ether oxygens (including phenoxy) is 3. The largest absolute Gasteiger partial charge is 0.387 e. The van der Waals surface area contributed by atoms with Gasteiger partial charge in [-0.1, -0.05) is 12.1 Å². The topological polar surface area (TPSA) is 229 Å². The van der Waals surface area contributed by atoms with Gasteiger partial charge in [-0.2, -0.15) is 18.6 Å². The maximum Gasteiger partial charge on any atom is 0.333 e. The molecule has 2 amide bonds. The highest BCUT2D eigenvalue weighted by atomic mass is 32.2. The third-order valence-electron chi connectivity index (χ3n) is 13.0. The van der Waals surface area contributed by atoms with Crippen LogP contribution in [0.25, 0.3) is 0 Å². The molecule has 0 radical (unpaired) electrons. The first kappa shape index (κ1) is 45.7. The van der Waals surface area contributed by atoms with E-state index >= 15 is 0 Å². The highest BCUT2D eigenvalue weighted by Gasteiger charge is 2.29. The minimum absolute atomic E-state index is 0.0803. The molecule has 0 unspecified atom stereocenters. The van der Waals surface area contributed by atoms with Crippen molar-refractivity contribution >= 4 is 31.8 Å². The molecule has 0 atom stereocenters. The summed E-state index contributed by atoms with van der Waals surface area (Å²) in [5.41, 5.74) is 12.7. The van der Waals surface area contributed by atoms with Gasteiger partial charge >= 0.3 is 6.03 Å². The average molecular weight is 919 g/mol. The standard InChI is InChI=1S/C22H29N5O4S.C13H13NO.C9H16N4O3S/c1-26-17(14-27-8-10-31-11-9-27)13-20(24-26)32(29,30)25-22(28)23-21-18-6-2-4-15(18)12-16-5-3-7-19(16)21;14-8-15-13-11-5-1-3-9(11)7-10-4-2-6-12(10)13;1-12-8(6-9(11-12)17(10,14)15)7-13-2-4-16-5-3-13/h12-13H,2-11,14H2,1H3,(H2,23,25,28);7H,1-6H2;6H,2-5,7H2,1H3,(H2,10,14,15). The van der Waals surface area contributed by atoms with Crippen molar-refractivity contribution in [2.45, 2.75) is 100 Å². The molecule has 0 spiro atoms. The van der Waals surface area contributed by atoms with Crippen molar-refractivity contribution in [3.63, 3.8) is 0 Å². The first-order chi connectivity index (χ1) is 30.8. The number of anilines is 1. The van der Waals surface area contributed by atoms with E-state index in [1.165, 1.54) is 58.4 Å². The molecule has 6 aliphatic rings. The Morgan fingerprint density at radius 1 is 0.688 bits per heavy atom. The van der Waals surface area contributed by atoms with Crippen LogP contribution in [-0.4, -0.2) is 105 Å². The minimum atomic E-state index is -4.09. The second-order valence-corrected chi connectivity index (χ2v) is 20.3. The Morgan fingerprint density at radius 2 is 1.11 bits per heavy atom. The van der Waals surface area contributed by atoms with Crippen molar-refractivity contribution in [3.05, 3.63) is 80.2 Å². The van der Waals surface area contributed by atoms with Crippen LogP contribution in [0, 0.1) is 11.5 Å². The van der Waals surface area contributed by atoms with Gasteiger partial charge in [-0.3, -0.25) is 19.2 Å². The number of aromatic nitrogens is 4. The van der Waals surface area contributed by atoms with Gasteiger partial charge < -0.3 is 19.5 Å². The third-order valence-corrected chi connectivity index (χ3v) is 14.9. The van der Waals surface area contributed by atoms with Gasteiger partial charge in [-0.25, -0.2) is 23.1 Å². The summed E-state index contributed by atoms with van der Waals surface area (Å²) in [5.74, 6) is 0.903. The number of rotatable bonds is 9. The summed E-state index contributed by atoms with van der Waals surface area (Å²) in [7, 11) is -4.38. The van der Waals surface area contributed by atoms with Crippen molar-refractivity contribution < 1.29 is 35.8 Å². The van der Waals surface area contributed by atoms with E-state index in [9.17, 15) is 21.6 Å². The predicted octanol–water partition coefficient (Wildman–Crippen LogP) is 3.16. The lowest BCUT2D eigenvalue weighted by molar-refractivity contribution is 0.0331. The molecule has 2 aliphatic heterocycles. The Morgan fingerprint density at radius 3 is 1.55 bits per heavy atom. The van der Waals surface area contributed by atoms with Crippen LogP contribution in [0.5, 0.6) is 5.75 Å². The van der Waals surface area contributed by atoms with Crippen LogP contribution in [0.15, 0.2) is 34.3 Å². The number of hydrogen-bond acceptors (Lipinski definition) is 13. The fraction of sp³-hybridized carbons (Fsp3) is 0.545. The normalized spacial score (nSPS) is 18.1. The van der Waals surface area contributed by atoms with Crippen molar-refractivity contribution in [2.24, 2.45) is 19.2 Å². The summed E-state index contributed by atoms with van der Waals surface area (Å²) < 4.78 is 69.1. The summed E-state index contributed by atoms with van der Waals surface area (Å²) in [6.07, 6.45) is 14.7. The number of benzene rings is 2. The molecule has 20 heteroatoms. The van der Waals surface area contributed by atoms with Crippen LogP contribution in [0.1, 0.15) is 81.6 Å². The van der Waals surface area contributed by atoms with E-state index in [-0.39, 0.29) is 10.1 Å². The molecule has 4 heterocycles. The van der Waals surface area contributed by atoms with Gasteiger partial charge in [0.2, 0.25) is 0 Å². The minimum Gasteiger partial charge on any atom is -0.387 e. The number of carbonyl (C=O) groups excluding carboxylic acids is 1. The second-order valence-electron chi connectivity index (χ2n) is 17.2. The van der Waals surface area contributed by atoms with Gasteiger partial charge in [0.05, 0.1) is 37.8 Å². The molecule has 344 valence electrons. The summed E-state index contributed by atoms with van der Waals surface area (Å²) in [5, 5.41) is 24.4. The van der Waals surface area contributed by atoms with Gasteiger partial charge in [0, 0.05) is 71.2 Å². The summed E-state index contributed by atoms with van der Waals surface area (Å²) in [6, 6.07) is 6.93. The monoisotopic (exact) mass is 918 g/mol. The van der Waals surface area contributed by atoms with Crippen LogP contribution in [0.3, 0.4) is 0 Å². The quantitative estimate of drug-likeness (QED) is 0.205. The number of aryl methyl sites for hydroxylation is 6. The average Bonchev–Trinajstić information content (AvgIpc) is 4.13. The highest BCUT2D eigenvalue weighted by Crippen LogP contribution is 2.40. The lowest BCUT2D eigenvalue weighted by Crippen LogP contribution is -2.36. The molecule has 2 fully saturated rings. The predicted molar refractivity (Wildman–Crippen MR) is 237 cm³/mol. The van der Waals surface area contributed by atoms with E-state index in [0.29, 0.717) is 39.5 Å². The number of nitrogens with zero attached hydrogens (tertiary/aromatic N) is 7. The van der Waals surface area contributed by atoms with Gasteiger partial charge in [-0.05, 0) is 122 Å². The maximum atomic E-state index is 12.9. The molecule has 4 N–H and O–H groups in total. The number of fused-ring (bicyclic) bond motifs is 4. The van der Waals surface area contributed by atoms with E-state index in [0.717, 1.165) is 124 Å². The molecule has 2 aromatic carbocycles. The van der Waals surface area contributed by atoms with E-state index in [1.807, 2.05) is 6.26 Å². The number of hydrogen-bond donors (Lipinski definition) is 3. The molecular formula is C44H58N10O8S2. The van der Waals surface area contributed by atoms with Gasteiger partial charge in [0.25, 0.3) is 26.3 Å². The molecule has 2 aromatic heterocycles. The number of nitrogens with one attached hydrogen (secondary N) is 2. The molecule has 0 saturated carbocycles. The molecule has 64 heavy (non-hydrogen) atoms. The van der Waals surface area contributed by atoms with Crippen molar-refractivity contribution in [1.82, 2.24) is 34.1 Å². The first-order valence-electron chi connectivity index (χ1n) is 22.2. The number of primary sulfonamides is 1. The number of carbonyl (C=O) groups is 1. The van der Waals surface area contributed by atoms with Crippen LogP contribution >= 0.6 is 0 Å². The van der Waals surface area contributed by atoms with E-state index in [4.69, 9.17) is 24.6 Å². The zero-order valence-electron chi connectivity index (χ0n) is 36.7. The lowest BCUT2D eigenvalue weighted by Gasteiger charge is -2.26. The van der Waals surface area contributed by atoms with Gasteiger partial charge in [0.1, 0.15) is 5.75 Å². The molecule has 0 bridgehead atoms. The van der Waals surface area contributed by atoms with E-state index in [2.05, 4.69) is 42.2 Å². The number of sulfonamides is 2. The second kappa shape index (κ2) is 19.7. The summed E-state index contributed by atoms with van der Waals surface area (Å²) in [6.45, 7) is 7.25. The van der Waals surface area contributed by atoms with Crippen LogP contribution in [-0.2, 0) is 108 Å². The Bertz CT molecular complexity index is 2580. The zero-order chi connectivity index (χ0) is 45.0. The number of nitriles is 1. The van der Waals surface area contributed by atoms with E-state index < -0.39 is 26.1 Å². The Balaban J connectivity index is 0.000000146. The molecule has 18 nitrogen and oxygen atoms in total.